The van der Waals surface area contributed by atoms with E-state index in [0.717, 1.165) is 63.6 Å². The summed E-state index contributed by atoms with van der Waals surface area (Å²) in [6, 6.07) is 0. The minimum absolute atomic E-state index is 0.190. The summed E-state index contributed by atoms with van der Waals surface area (Å²) in [5.74, 6) is 2.88. The molecule has 2 unspecified atom stereocenters. The zero-order chi connectivity index (χ0) is 18.1. The second kappa shape index (κ2) is 10.6. The quantitative estimate of drug-likeness (QED) is 0.563. The number of amides is 1. The Bertz CT molecular complexity index is 432. The molecule has 1 heterocycles. The van der Waals surface area contributed by atoms with Gasteiger partial charge in [0.1, 0.15) is 0 Å². The van der Waals surface area contributed by atoms with E-state index in [1.54, 1.807) is 6.92 Å². The molecule has 2 fully saturated rings. The normalized spacial score (nSPS) is 25.7. The van der Waals surface area contributed by atoms with Crippen molar-refractivity contribution in [1.29, 1.82) is 0 Å². The van der Waals surface area contributed by atoms with E-state index in [1.165, 1.54) is 32.1 Å². The van der Waals surface area contributed by atoms with Crippen molar-refractivity contribution in [2.45, 2.75) is 46.0 Å². The zero-order valence-corrected chi connectivity index (χ0v) is 16.4. The van der Waals surface area contributed by atoms with Gasteiger partial charge in [-0.3, -0.25) is 14.7 Å². The van der Waals surface area contributed by atoms with Gasteiger partial charge in [0.25, 0.3) is 0 Å². The Morgan fingerprint density at radius 1 is 1.12 bits per heavy atom. The molecule has 1 saturated carbocycles. The number of guanidine groups is 1. The zero-order valence-electron chi connectivity index (χ0n) is 16.4. The van der Waals surface area contributed by atoms with Crippen molar-refractivity contribution in [3.05, 3.63) is 0 Å². The third-order valence-electron chi connectivity index (χ3n) is 5.65. The predicted octanol–water partition coefficient (Wildman–Crippen LogP) is 1.53. The summed E-state index contributed by atoms with van der Waals surface area (Å²) in [5, 5.41) is 6.87. The molecule has 1 saturated heterocycles. The van der Waals surface area contributed by atoms with Gasteiger partial charge in [0.05, 0.1) is 0 Å². The van der Waals surface area contributed by atoms with Gasteiger partial charge in [-0.25, -0.2) is 0 Å². The SMILES string of the molecule is CN=C(NCCC1CCCC(C)C1)NCCN1CCN(C(C)=O)CC1. The fourth-order valence-electron chi connectivity index (χ4n) is 4.06. The lowest BCUT2D eigenvalue weighted by atomic mass is 9.81. The molecule has 0 bridgehead atoms. The highest BCUT2D eigenvalue weighted by atomic mass is 16.2. The summed E-state index contributed by atoms with van der Waals surface area (Å²) >= 11 is 0. The van der Waals surface area contributed by atoms with Crippen molar-refractivity contribution in [2.24, 2.45) is 16.8 Å². The van der Waals surface area contributed by atoms with E-state index in [0.29, 0.717) is 0 Å². The number of hydrogen-bond donors (Lipinski definition) is 2. The van der Waals surface area contributed by atoms with Gasteiger partial charge in [-0.2, -0.15) is 0 Å². The first kappa shape index (κ1) is 20.0. The maximum absolute atomic E-state index is 11.4. The lowest BCUT2D eigenvalue weighted by Crippen LogP contribution is -2.50. The van der Waals surface area contributed by atoms with Crippen molar-refractivity contribution in [3.8, 4) is 0 Å². The number of hydrogen-bond acceptors (Lipinski definition) is 3. The molecular formula is C19H37N5O. The third-order valence-corrected chi connectivity index (χ3v) is 5.65. The molecular weight excluding hydrogens is 314 g/mol. The first-order valence-corrected chi connectivity index (χ1v) is 10.0. The summed E-state index contributed by atoms with van der Waals surface area (Å²) in [5.41, 5.74) is 0. The fourth-order valence-corrected chi connectivity index (χ4v) is 4.06. The van der Waals surface area contributed by atoms with Crippen molar-refractivity contribution in [2.75, 3.05) is 52.9 Å². The van der Waals surface area contributed by atoms with Gasteiger partial charge in [0.2, 0.25) is 5.91 Å². The number of carbonyl (C=O) groups excluding carboxylic acids is 1. The molecule has 25 heavy (non-hydrogen) atoms. The van der Waals surface area contributed by atoms with Crippen LogP contribution in [0.3, 0.4) is 0 Å². The molecule has 1 amide bonds. The number of carbonyl (C=O) groups is 1. The first-order chi connectivity index (χ1) is 12.1. The Kier molecular flexibility index (Phi) is 8.52. The van der Waals surface area contributed by atoms with E-state index < -0.39 is 0 Å². The molecule has 0 aromatic heterocycles. The van der Waals surface area contributed by atoms with Gasteiger partial charge in [-0.1, -0.05) is 26.2 Å². The van der Waals surface area contributed by atoms with E-state index in [9.17, 15) is 4.79 Å². The van der Waals surface area contributed by atoms with E-state index in [2.05, 4.69) is 27.4 Å². The molecule has 0 aromatic carbocycles. The second-order valence-corrected chi connectivity index (χ2v) is 7.70. The van der Waals surface area contributed by atoms with Crippen LogP contribution in [-0.2, 0) is 4.79 Å². The highest BCUT2D eigenvalue weighted by Crippen LogP contribution is 2.30. The summed E-state index contributed by atoms with van der Waals surface area (Å²) < 4.78 is 0. The van der Waals surface area contributed by atoms with Crippen molar-refractivity contribution < 1.29 is 4.79 Å². The number of aliphatic imine (C=N–C) groups is 1. The lowest BCUT2D eigenvalue weighted by Gasteiger charge is -2.34. The van der Waals surface area contributed by atoms with Gasteiger partial charge in [0, 0.05) is 59.8 Å². The third kappa shape index (κ3) is 7.22. The molecule has 0 aromatic rings. The number of nitrogens with zero attached hydrogens (tertiary/aromatic N) is 3. The molecule has 2 aliphatic rings. The molecule has 1 aliphatic heterocycles. The van der Waals surface area contributed by atoms with Crippen molar-refractivity contribution in [1.82, 2.24) is 20.4 Å². The van der Waals surface area contributed by atoms with Crippen LogP contribution in [0.5, 0.6) is 0 Å². The Hall–Kier alpha value is -1.30. The summed E-state index contributed by atoms with van der Waals surface area (Å²) in [4.78, 5) is 20.0. The maximum Gasteiger partial charge on any atom is 0.219 e. The van der Waals surface area contributed by atoms with Crippen LogP contribution in [0.2, 0.25) is 0 Å². The van der Waals surface area contributed by atoms with Crippen LogP contribution >= 0.6 is 0 Å². The maximum atomic E-state index is 11.4. The largest absolute Gasteiger partial charge is 0.356 e. The molecule has 2 atom stereocenters. The first-order valence-electron chi connectivity index (χ1n) is 10.0. The topological polar surface area (TPSA) is 60.0 Å². The van der Waals surface area contributed by atoms with Crippen LogP contribution in [0.15, 0.2) is 4.99 Å². The molecule has 2 rings (SSSR count). The summed E-state index contributed by atoms with van der Waals surface area (Å²) in [6.45, 7) is 10.6. The molecule has 2 N–H and O–H groups in total. The van der Waals surface area contributed by atoms with Crippen molar-refractivity contribution in [3.63, 3.8) is 0 Å². The average Bonchev–Trinajstić information content (AvgIpc) is 2.61. The van der Waals surface area contributed by atoms with E-state index in [1.807, 2.05) is 11.9 Å². The molecule has 144 valence electrons. The minimum atomic E-state index is 0.190. The van der Waals surface area contributed by atoms with Crippen LogP contribution in [0.25, 0.3) is 0 Å². The van der Waals surface area contributed by atoms with Crippen molar-refractivity contribution >= 4 is 11.9 Å². The molecule has 6 nitrogen and oxygen atoms in total. The number of piperazine rings is 1. The number of nitrogens with one attached hydrogen (secondary N) is 2. The van der Waals surface area contributed by atoms with E-state index >= 15 is 0 Å². The van der Waals surface area contributed by atoms with E-state index in [4.69, 9.17) is 0 Å². The van der Waals surface area contributed by atoms with Crippen LogP contribution < -0.4 is 10.6 Å². The van der Waals surface area contributed by atoms with Gasteiger partial charge in [0.15, 0.2) is 5.96 Å². The smallest absolute Gasteiger partial charge is 0.219 e. The van der Waals surface area contributed by atoms with Crippen LogP contribution in [0, 0.1) is 11.8 Å². The highest BCUT2D eigenvalue weighted by molar-refractivity contribution is 5.79. The Morgan fingerprint density at radius 3 is 2.48 bits per heavy atom. The molecule has 6 heteroatoms. The summed E-state index contributed by atoms with van der Waals surface area (Å²) in [6.07, 6.45) is 6.84. The fraction of sp³-hybridized carbons (Fsp3) is 0.895. The summed E-state index contributed by atoms with van der Waals surface area (Å²) in [7, 11) is 1.84. The number of rotatable bonds is 6. The minimum Gasteiger partial charge on any atom is -0.356 e. The standard InChI is InChI=1S/C19H37N5O/c1-16-5-4-6-18(15-16)7-8-21-19(20-3)22-9-10-23-11-13-24(14-12-23)17(2)25/h16,18H,4-15H2,1-3H3,(H2,20,21,22). The van der Waals surface area contributed by atoms with Gasteiger partial charge in [-0.05, 0) is 24.7 Å². The van der Waals surface area contributed by atoms with Crippen LogP contribution in [0.1, 0.15) is 46.0 Å². The Morgan fingerprint density at radius 2 is 1.84 bits per heavy atom. The average molecular weight is 352 g/mol. The highest BCUT2D eigenvalue weighted by Gasteiger charge is 2.19. The molecule has 0 radical (unpaired) electrons. The van der Waals surface area contributed by atoms with Gasteiger partial charge < -0.3 is 15.5 Å². The van der Waals surface area contributed by atoms with E-state index in [-0.39, 0.29) is 5.91 Å². The predicted molar refractivity (Wildman–Crippen MR) is 104 cm³/mol. The van der Waals surface area contributed by atoms with Crippen LogP contribution in [-0.4, -0.2) is 74.5 Å². The van der Waals surface area contributed by atoms with Gasteiger partial charge >= 0.3 is 0 Å². The molecule has 1 aliphatic carbocycles. The monoisotopic (exact) mass is 351 g/mol. The Balaban J connectivity index is 1.55. The second-order valence-electron chi connectivity index (χ2n) is 7.70. The van der Waals surface area contributed by atoms with Gasteiger partial charge in [-0.15, -0.1) is 0 Å². The van der Waals surface area contributed by atoms with Crippen LogP contribution in [0.4, 0.5) is 0 Å². The lowest BCUT2D eigenvalue weighted by molar-refractivity contribution is -0.130. The Labute approximate surface area is 153 Å². The molecule has 0 spiro atoms.